The number of allylic oxidation sites excluding steroid dienone is 1. The third-order valence-corrected chi connectivity index (χ3v) is 8.07. The Balaban J connectivity index is 1.42. The minimum absolute atomic E-state index is 0.130. The Hall–Kier alpha value is -3.90. The van der Waals surface area contributed by atoms with Crippen LogP contribution >= 0.6 is 15.9 Å². The van der Waals surface area contributed by atoms with E-state index < -0.39 is 5.97 Å². The van der Waals surface area contributed by atoms with Crippen molar-refractivity contribution in [3.8, 4) is 11.5 Å². The number of nitrogens with one attached hydrogen (secondary N) is 1. The third kappa shape index (κ3) is 4.63. The van der Waals surface area contributed by atoms with E-state index in [2.05, 4.69) is 59.4 Å². The summed E-state index contributed by atoms with van der Waals surface area (Å²) in [6, 6.07) is 24.7. The number of benzene rings is 4. The van der Waals surface area contributed by atoms with Crippen molar-refractivity contribution in [1.82, 2.24) is 0 Å². The molecule has 0 spiro atoms. The summed E-state index contributed by atoms with van der Waals surface area (Å²) in [6.45, 7) is 4.32. The van der Waals surface area contributed by atoms with Crippen LogP contribution in [0.2, 0.25) is 0 Å². The molecule has 1 aliphatic carbocycles. The highest BCUT2D eigenvalue weighted by Gasteiger charge is 2.41. The molecule has 0 radical (unpaired) electrons. The van der Waals surface area contributed by atoms with Gasteiger partial charge in [0, 0.05) is 27.7 Å². The molecule has 5 nitrogen and oxygen atoms in total. The molecule has 1 aliphatic heterocycles. The van der Waals surface area contributed by atoms with Gasteiger partial charge in [-0.25, -0.2) is 4.79 Å². The topological polar surface area (TPSA) is 64.6 Å². The Labute approximate surface area is 236 Å². The number of ketones is 1. The molecule has 4 aromatic rings. The van der Waals surface area contributed by atoms with Crippen molar-refractivity contribution >= 4 is 49.7 Å². The second kappa shape index (κ2) is 9.69. The van der Waals surface area contributed by atoms with Gasteiger partial charge in [0.05, 0.1) is 18.7 Å². The molecule has 4 aromatic carbocycles. The van der Waals surface area contributed by atoms with Crippen molar-refractivity contribution < 1.29 is 19.1 Å². The predicted octanol–water partition coefficient (Wildman–Crippen LogP) is 8.14. The summed E-state index contributed by atoms with van der Waals surface area (Å²) >= 11 is 3.38. The van der Waals surface area contributed by atoms with Gasteiger partial charge in [-0.05, 0) is 76.2 Å². The number of fused-ring (bicyclic) bond motifs is 4. The van der Waals surface area contributed by atoms with Crippen LogP contribution in [0, 0.1) is 5.41 Å². The molecule has 0 unspecified atom stereocenters. The quantitative estimate of drug-likeness (QED) is 0.194. The molecule has 2 aliphatic rings. The first kappa shape index (κ1) is 25.4. The number of carbonyl (C=O) groups excluding carboxylic acids is 2. The van der Waals surface area contributed by atoms with Gasteiger partial charge in [0.2, 0.25) is 0 Å². The molecule has 0 amide bonds. The Kier molecular flexibility index (Phi) is 6.31. The highest BCUT2D eigenvalue weighted by Crippen LogP contribution is 2.52. The van der Waals surface area contributed by atoms with Crippen molar-refractivity contribution in [3.63, 3.8) is 0 Å². The van der Waals surface area contributed by atoms with E-state index in [0.717, 1.165) is 49.6 Å². The highest BCUT2D eigenvalue weighted by atomic mass is 79.9. The molecule has 0 aromatic heterocycles. The minimum atomic E-state index is -0.472. The lowest BCUT2D eigenvalue weighted by molar-refractivity contribution is -0.118. The summed E-state index contributed by atoms with van der Waals surface area (Å²) in [6.07, 6.45) is 1.30. The summed E-state index contributed by atoms with van der Waals surface area (Å²) < 4.78 is 12.2. The van der Waals surface area contributed by atoms with Crippen LogP contribution in [-0.4, -0.2) is 18.9 Å². The number of anilines is 1. The number of esters is 1. The summed E-state index contributed by atoms with van der Waals surface area (Å²) in [4.78, 5) is 26.5. The van der Waals surface area contributed by atoms with E-state index in [4.69, 9.17) is 9.47 Å². The normalized spacial score (nSPS) is 17.7. The zero-order valence-electron chi connectivity index (χ0n) is 22.0. The highest BCUT2D eigenvalue weighted by molar-refractivity contribution is 9.10. The molecule has 1 atom stereocenters. The number of rotatable bonds is 4. The summed E-state index contributed by atoms with van der Waals surface area (Å²) in [5.74, 6) is 0.429. The predicted molar refractivity (Wildman–Crippen MR) is 157 cm³/mol. The van der Waals surface area contributed by atoms with Crippen LogP contribution in [0.4, 0.5) is 5.69 Å². The van der Waals surface area contributed by atoms with Crippen LogP contribution in [0.15, 0.2) is 88.9 Å². The van der Waals surface area contributed by atoms with Crippen molar-refractivity contribution in [1.29, 1.82) is 0 Å². The lowest BCUT2D eigenvalue weighted by atomic mass is 9.68. The van der Waals surface area contributed by atoms with Gasteiger partial charge >= 0.3 is 5.97 Å². The standard InChI is InChI=1S/C33H28BrNO4/c1-33(2)17-24-29-23-7-5-4-6-19(23)10-14-25(29)35-31(30(24)26(36)18-33)21-11-15-27(28(16-21)38-3)39-32(37)20-8-12-22(34)13-9-20/h4-16,31,35H,17-18H2,1-3H3/t31-/m0/s1. The molecule has 1 heterocycles. The molecular formula is C33H28BrNO4. The van der Waals surface area contributed by atoms with Gasteiger partial charge in [0.15, 0.2) is 17.3 Å². The first-order valence-electron chi connectivity index (χ1n) is 12.9. The maximum Gasteiger partial charge on any atom is 0.343 e. The van der Waals surface area contributed by atoms with E-state index in [0.29, 0.717) is 23.5 Å². The maximum absolute atomic E-state index is 13.7. The first-order valence-corrected chi connectivity index (χ1v) is 13.7. The molecule has 39 heavy (non-hydrogen) atoms. The third-order valence-electron chi connectivity index (χ3n) is 7.54. The molecule has 0 bridgehead atoms. The Morgan fingerprint density at radius 1 is 0.949 bits per heavy atom. The van der Waals surface area contributed by atoms with Crippen LogP contribution in [0.25, 0.3) is 16.3 Å². The van der Waals surface area contributed by atoms with Gasteiger partial charge < -0.3 is 14.8 Å². The van der Waals surface area contributed by atoms with E-state index >= 15 is 0 Å². The Bertz CT molecular complexity index is 1670. The fourth-order valence-electron chi connectivity index (χ4n) is 5.78. The van der Waals surface area contributed by atoms with Crippen LogP contribution in [0.1, 0.15) is 54.2 Å². The van der Waals surface area contributed by atoms with Gasteiger partial charge in [0.25, 0.3) is 0 Å². The summed E-state index contributed by atoms with van der Waals surface area (Å²) in [5.41, 5.74) is 5.22. The van der Waals surface area contributed by atoms with Gasteiger partial charge in [0.1, 0.15) is 0 Å². The molecule has 0 saturated heterocycles. The second-order valence-electron chi connectivity index (χ2n) is 10.9. The van der Waals surface area contributed by atoms with E-state index in [9.17, 15) is 9.59 Å². The molecular weight excluding hydrogens is 554 g/mol. The molecule has 6 heteroatoms. The van der Waals surface area contributed by atoms with E-state index in [-0.39, 0.29) is 17.2 Å². The zero-order chi connectivity index (χ0) is 27.3. The van der Waals surface area contributed by atoms with Gasteiger partial charge in [-0.2, -0.15) is 0 Å². The summed E-state index contributed by atoms with van der Waals surface area (Å²) in [5, 5.41) is 5.95. The van der Waals surface area contributed by atoms with Crippen LogP contribution in [0.5, 0.6) is 11.5 Å². The Morgan fingerprint density at radius 3 is 2.49 bits per heavy atom. The number of methoxy groups -OCH3 is 1. The number of ether oxygens (including phenoxy) is 2. The smallest absolute Gasteiger partial charge is 0.343 e. The van der Waals surface area contributed by atoms with Crippen molar-refractivity contribution in [2.24, 2.45) is 5.41 Å². The van der Waals surface area contributed by atoms with Crippen molar-refractivity contribution in [3.05, 3.63) is 106 Å². The molecule has 196 valence electrons. The van der Waals surface area contributed by atoms with Gasteiger partial charge in [-0.1, -0.05) is 66.2 Å². The minimum Gasteiger partial charge on any atom is -0.493 e. The van der Waals surface area contributed by atoms with Crippen molar-refractivity contribution in [2.75, 3.05) is 12.4 Å². The molecule has 6 rings (SSSR count). The number of Topliss-reactive ketones (excluding diaryl/α,β-unsaturated/α-hetero) is 1. The zero-order valence-corrected chi connectivity index (χ0v) is 23.6. The number of carbonyl (C=O) groups is 2. The lowest BCUT2D eigenvalue weighted by Gasteiger charge is -2.40. The monoisotopic (exact) mass is 581 g/mol. The second-order valence-corrected chi connectivity index (χ2v) is 11.8. The SMILES string of the molecule is COc1cc([C@@H]2Nc3ccc4ccccc4c3C3=C2C(=O)CC(C)(C)C3)ccc1OC(=O)c1ccc(Br)cc1. The van der Waals surface area contributed by atoms with Crippen LogP contribution in [0.3, 0.4) is 0 Å². The van der Waals surface area contributed by atoms with Gasteiger partial charge in [-0.3, -0.25) is 4.79 Å². The molecule has 1 N–H and O–H groups in total. The first-order chi connectivity index (χ1) is 18.7. The fraction of sp³-hybridized carbons (Fsp3) is 0.212. The molecule has 0 saturated carbocycles. The average Bonchev–Trinajstić information content (AvgIpc) is 2.92. The maximum atomic E-state index is 13.7. The van der Waals surface area contributed by atoms with Crippen LogP contribution < -0.4 is 14.8 Å². The largest absolute Gasteiger partial charge is 0.493 e. The number of halogens is 1. The fourth-order valence-corrected chi connectivity index (χ4v) is 6.04. The number of hydrogen-bond donors (Lipinski definition) is 1. The summed E-state index contributed by atoms with van der Waals surface area (Å²) in [7, 11) is 1.55. The van der Waals surface area contributed by atoms with E-state index in [1.54, 1.807) is 37.4 Å². The van der Waals surface area contributed by atoms with E-state index in [1.165, 1.54) is 0 Å². The number of hydrogen-bond acceptors (Lipinski definition) is 5. The average molecular weight is 582 g/mol. The van der Waals surface area contributed by atoms with Crippen LogP contribution in [-0.2, 0) is 4.79 Å². The Morgan fingerprint density at radius 2 is 1.72 bits per heavy atom. The van der Waals surface area contributed by atoms with E-state index in [1.807, 2.05) is 24.3 Å². The van der Waals surface area contributed by atoms with Gasteiger partial charge in [-0.15, -0.1) is 0 Å². The molecule has 0 fully saturated rings. The van der Waals surface area contributed by atoms with Crippen molar-refractivity contribution in [2.45, 2.75) is 32.7 Å². The lowest BCUT2D eigenvalue weighted by Crippen LogP contribution is -2.33.